The summed E-state index contributed by atoms with van der Waals surface area (Å²) >= 11 is 0. The Bertz CT molecular complexity index is 604. The number of nitrogens with two attached hydrogens (primary N) is 1. The van der Waals surface area contributed by atoms with Gasteiger partial charge in [0.2, 0.25) is 15.9 Å². The number of likely N-dealkylation sites (tertiary alicyclic amines) is 1. The first kappa shape index (κ1) is 15.8. The fourth-order valence-electron chi connectivity index (χ4n) is 2.28. The number of aryl methyl sites for hydroxylation is 1. The maximum atomic E-state index is 12.2. The van der Waals surface area contributed by atoms with Crippen molar-refractivity contribution in [2.45, 2.75) is 37.6 Å². The van der Waals surface area contributed by atoms with E-state index < -0.39 is 10.0 Å². The third kappa shape index (κ3) is 3.73. The average molecular weight is 315 g/mol. The standard InChI is InChI=1S/C12H21N5O3S/c1-2-5-17-9-10(12(13)15-17)21(19,20)14-8-11(18)16-6-3-4-7-16/h9,14H,2-8H2,1H3,(H2,13,15). The van der Waals surface area contributed by atoms with Crippen LogP contribution in [0.15, 0.2) is 11.1 Å². The van der Waals surface area contributed by atoms with Crippen LogP contribution >= 0.6 is 0 Å². The predicted octanol–water partition coefficient (Wildman–Crippen LogP) is -0.224. The molecule has 0 aromatic carbocycles. The van der Waals surface area contributed by atoms with Crippen molar-refractivity contribution >= 4 is 21.7 Å². The van der Waals surface area contributed by atoms with Gasteiger partial charge in [-0.25, -0.2) is 13.1 Å². The van der Waals surface area contributed by atoms with Crippen molar-refractivity contribution in [3.63, 3.8) is 0 Å². The summed E-state index contributed by atoms with van der Waals surface area (Å²) < 4.78 is 28.1. The highest BCUT2D eigenvalue weighted by molar-refractivity contribution is 7.89. The Morgan fingerprint density at radius 1 is 1.43 bits per heavy atom. The highest BCUT2D eigenvalue weighted by Gasteiger charge is 2.24. The summed E-state index contributed by atoms with van der Waals surface area (Å²) in [6.07, 6.45) is 4.15. The molecule has 118 valence electrons. The van der Waals surface area contributed by atoms with Gasteiger partial charge in [-0.05, 0) is 19.3 Å². The van der Waals surface area contributed by atoms with Gasteiger partial charge in [0.25, 0.3) is 0 Å². The van der Waals surface area contributed by atoms with E-state index in [0.29, 0.717) is 19.6 Å². The fraction of sp³-hybridized carbons (Fsp3) is 0.667. The lowest BCUT2D eigenvalue weighted by Crippen LogP contribution is -2.38. The van der Waals surface area contributed by atoms with Crippen LogP contribution in [0.3, 0.4) is 0 Å². The average Bonchev–Trinajstić information content (AvgIpc) is 3.06. The number of anilines is 1. The van der Waals surface area contributed by atoms with Gasteiger partial charge in [-0.1, -0.05) is 6.92 Å². The minimum absolute atomic E-state index is 0.0513. The Kier molecular flexibility index (Phi) is 4.84. The molecule has 2 rings (SSSR count). The van der Waals surface area contributed by atoms with Crippen LogP contribution in [-0.2, 0) is 21.4 Å². The van der Waals surface area contributed by atoms with Crippen LogP contribution in [0.25, 0.3) is 0 Å². The molecule has 0 radical (unpaired) electrons. The molecule has 21 heavy (non-hydrogen) atoms. The lowest BCUT2D eigenvalue weighted by atomic mass is 10.4. The Morgan fingerprint density at radius 3 is 2.71 bits per heavy atom. The Hall–Kier alpha value is -1.61. The Balaban J connectivity index is 2.02. The molecule has 1 aliphatic heterocycles. The molecule has 0 spiro atoms. The summed E-state index contributed by atoms with van der Waals surface area (Å²) in [7, 11) is -3.82. The van der Waals surface area contributed by atoms with Gasteiger partial charge in [-0.15, -0.1) is 0 Å². The number of rotatable bonds is 6. The quantitative estimate of drug-likeness (QED) is 0.754. The van der Waals surface area contributed by atoms with Gasteiger partial charge in [0.05, 0.1) is 6.54 Å². The van der Waals surface area contributed by atoms with Crippen molar-refractivity contribution < 1.29 is 13.2 Å². The lowest BCUT2D eigenvalue weighted by molar-refractivity contribution is -0.128. The zero-order valence-electron chi connectivity index (χ0n) is 12.1. The zero-order valence-corrected chi connectivity index (χ0v) is 12.9. The van der Waals surface area contributed by atoms with Crippen molar-refractivity contribution in [2.24, 2.45) is 0 Å². The first-order valence-corrected chi connectivity index (χ1v) is 8.52. The summed E-state index contributed by atoms with van der Waals surface area (Å²) in [5.41, 5.74) is 5.64. The number of nitrogen functional groups attached to an aromatic ring is 1. The minimum atomic E-state index is -3.82. The molecule has 9 heteroatoms. The minimum Gasteiger partial charge on any atom is -0.381 e. The molecule has 2 heterocycles. The van der Waals surface area contributed by atoms with E-state index in [0.717, 1.165) is 19.3 Å². The van der Waals surface area contributed by atoms with E-state index in [1.807, 2.05) is 6.92 Å². The molecule has 0 bridgehead atoms. The number of carbonyl (C=O) groups excluding carboxylic acids is 1. The van der Waals surface area contributed by atoms with Gasteiger partial charge in [0, 0.05) is 25.8 Å². The molecule has 1 amide bonds. The van der Waals surface area contributed by atoms with Gasteiger partial charge >= 0.3 is 0 Å². The van der Waals surface area contributed by atoms with Gasteiger partial charge < -0.3 is 10.6 Å². The first-order valence-electron chi connectivity index (χ1n) is 7.04. The van der Waals surface area contributed by atoms with Crippen molar-refractivity contribution in [1.82, 2.24) is 19.4 Å². The van der Waals surface area contributed by atoms with E-state index in [4.69, 9.17) is 5.73 Å². The number of nitrogens with one attached hydrogen (secondary N) is 1. The number of sulfonamides is 1. The summed E-state index contributed by atoms with van der Waals surface area (Å²) in [6, 6.07) is 0. The lowest BCUT2D eigenvalue weighted by Gasteiger charge is -2.15. The summed E-state index contributed by atoms with van der Waals surface area (Å²) in [6.45, 7) is 3.68. The van der Waals surface area contributed by atoms with Crippen molar-refractivity contribution in [1.29, 1.82) is 0 Å². The van der Waals surface area contributed by atoms with Crippen LogP contribution in [0.4, 0.5) is 5.82 Å². The van der Waals surface area contributed by atoms with Crippen molar-refractivity contribution in [3.05, 3.63) is 6.20 Å². The predicted molar refractivity (Wildman–Crippen MR) is 77.9 cm³/mol. The molecule has 1 aromatic heterocycles. The monoisotopic (exact) mass is 315 g/mol. The van der Waals surface area contributed by atoms with Crippen LogP contribution in [0, 0.1) is 0 Å². The molecule has 1 saturated heterocycles. The topological polar surface area (TPSA) is 110 Å². The normalized spacial score (nSPS) is 15.6. The van der Waals surface area contributed by atoms with Gasteiger partial charge in [0.15, 0.2) is 5.82 Å². The Morgan fingerprint density at radius 2 is 2.10 bits per heavy atom. The molecule has 0 saturated carbocycles. The second-order valence-corrected chi connectivity index (χ2v) is 6.79. The van der Waals surface area contributed by atoms with Crippen LogP contribution in [-0.4, -0.2) is 48.6 Å². The molecule has 0 atom stereocenters. The van der Waals surface area contributed by atoms with Crippen LogP contribution in [0.2, 0.25) is 0 Å². The molecule has 8 nitrogen and oxygen atoms in total. The molecular formula is C12H21N5O3S. The van der Waals surface area contributed by atoms with Gasteiger partial charge in [-0.3, -0.25) is 9.48 Å². The first-order chi connectivity index (χ1) is 9.94. The smallest absolute Gasteiger partial charge is 0.246 e. The maximum Gasteiger partial charge on any atom is 0.246 e. The molecule has 1 aliphatic rings. The summed E-state index contributed by atoms with van der Waals surface area (Å²) in [4.78, 5) is 13.4. The van der Waals surface area contributed by atoms with E-state index in [-0.39, 0.29) is 23.2 Å². The second-order valence-electron chi connectivity index (χ2n) is 5.05. The van der Waals surface area contributed by atoms with Crippen molar-refractivity contribution in [3.8, 4) is 0 Å². The largest absolute Gasteiger partial charge is 0.381 e. The number of hydrogen-bond acceptors (Lipinski definition) is 5. The van der Waals surface area contributed by atoms with E-state index in [9.17, 15) is 13.2 Å². The number of carbonyl (C=O) groups is 1. The molecular weight excluding hydrogens is 294 g/mol. The van der Waals surface area contributed by atoms with Crippen molar-refractivity contribution in [2.75, 3.05) is 25.4 Å². The van der Waals surface area contributed by atoms with Crippen LogP contribution < -0.4 is 10.5 Å². The number of amides is 1. The third-order valence-corrected chi connectivity index (χ3v) is 4.79. The number of hydrogen-bond donors (Lipinski definition) is 2. The molecule has 0 aliphatic carbocycles. The third-order valence-electron chi connectivity index (χ3n) is 3.37. The highest BCUT2D eigenvalue weighted by Crippen LogP contribution is 2.16. The van der Waals surface area contributed by atoms with E-state index in [1.165, 1.54) is 10.9 Å². The SMILES string of the molecule is CCCn1cc(S(=O)(=O)NCC(=O)N2CCCC2)c(N)n1. The molecule has 0 unspecified atom stereocenters. The molecule has 1 aromatic rings. The van der Waals surface area contributed by atoms with E-state index in [2.05, 4.69) is 9.82 Å². The van der Waals surface area contributed by atoms with E-state index >= 15 is 0 Å². The molecule has 1 fully saturated rings. The van der Waals surface area contributed by atoms with E-state index in [1.54, 1.807) is 4.90 Å². The van der Waals surface area contributed by atoms with Gasteiger partial charge in [-0.2, -0.15) is 5.10 Å². The van der Waals surface area contributed by atoms with Gasteiger partial charge in [0.1, 0.15) is 4.90 Å². The number of nitrogens with zero attached hydrogens (tertiary/aromatic N) is 3. The van der Waals surface area contributed by atoms with Crippen LogP contribution in [0.1, 0.15) is 26.2 Å². The highest BCUT2D eigenvalue weighted by atomic mass is 32.2. The fourth-order valence-corrected chi connectivity index (χ4v) is 3.33. The van der Waals surface area contributed by atoms with Crippen LogP contribution in [0.5, 0.6) is 0 Å². The summed E-state index contributed by atoms with van der Waals surface area (Å²) in [5.74, 6) is -0.264. The summed E-state index contributed by atoms with van der Waals surface area (Å²) in [5, 5.41) is 3.95. The Labute approximate surface area is 124 Å². The second kappa shape index (κ2) is 6.44. The number of aromatic nitrogens is 2. The zero-order chi connectivity index (χ0) is 15.5. The maximum absolute atomic E-state index is 12.2. The molecule has 3 N–H and O–H groups in total.